The summed E-state index contributed by atoms with van der Waals surface area (Å²) in [7, 11) is 0. The molecule has 1 saturated heterocycles. The number of imidazole rings is 1. The quantitative estimate of drug-likeness (QED) is 0.283. The van der Waals surface area contributed by atoms with E-state index in [9.17, 15) is 14.0 Å². The summed E-state index contributed by atoms with van der Waals surface area (Å²) < 4.78 is 35.4. The Morgan fingerprint density at radius 1 is 1.05 bits per heavy atom. The number of para-hydroxylation sites is 1. The molecule has 0 atom stereocenters. The molecule has 3 heterocycles. The van der Waals surface area contributed by atoms with Crippen LogP contribution in [0.5, 0.6) is 11.8 Å². The number of hydrogen-bond acceptors (Lipinski definition) is 9. The Bertz CT molecular complexity index is 1450. The van der Waals surface area contributed by atoms with Gasteiger partial charge in [0, 0.05) is 11.8 Å². The van der Waals surface area contributed by atoms with Crippen LogP contribution in [0.15, 0.2) is 66.9 Å². The molecular weight excluding hydrogens is 497 g/mol. The Hall–Kier alpha value is -4.68. The van der Waals surface area contributed by atoms with Crippen LogP contribution in [0.25, 0.3) is 22.6 Å². The van der Waals surface area contributed by atoms with Crippen molar-refractivity contribution in [2.75, 3.05) is 13.2 Å². The second-order valence-electron chi connectivity index (χ2n) is 8.72. The van der Waals surface area contributed by atoms with Crippen LogP contribution in [0.1, 0.15) is 19.0 Å². The third-order valence-corrected chi connectivity index (χ3v) is 5.70. The Kier molecular flexibility index (Phi) is 6.81. The number of esters is 1. The summed E-state index contributed by atoms with van der Waals surface area (Å²) in [5.74, 6) is -0.403. The van der Waals surface area contributed by atoms with Gasteiger partial charge < -0.3 is 29.7 Å². The van der Waals surface area contributed by atoms with E-state index < -0.39 is 29.6 Å². The van der Waals surface area contributed by atoms with Gasteiger partial charge in [-0.3, -0.25) is 4.79 Å². The van der Waals surface area contributed by atoms with E-state index in [1.807, 2.05) is 18.2 Å². The summed E-state index contributed by atoms with van der Waals surface area (Å²) in [6.45, 7) is 1.30. The number of rotatable bonds is 6. The number of nitrogens with two attached hydrogens (primary N) is 1. The second-order valence-corrected chi connectivity index (χ2v) is 8.72. The van der Waals surface area contributed by atoms with Gasteiger partial charge in [-0.15, -0.1) is 0 Å². The number of ether oxygens (including phenoxy) is 4. The van der Waals surface area contributed by atoms with Crippen molar-refractivity contribution in [1.82, 2.24) is 19.9 Å². The predicted molar refractivity (Wildman–Crippen MR) is 130 cm³/mol. The highest BCUT2D eigenvalue weighted by Gasteiger charge is 2.43. The molecule has 0 unspecified atom stereocenters. The lowest BCUT2D eigenvalue weighted by Gasteiger charge is -2.34. The maximum Gasteiger partial charge on any atom is 0.412 e. The smallest absolute Gasteiger partial charge is 0.412 e. The maximum atomic E-state index is 13.6. The molecule has 0 spiro atoms. The molecule has 38 heavy (non-hydrogen) atoms. The fraction of sp³-hybridized carbons (Fsp3) is 0.192. The number of aromatic amines is 1. The van der Waals surface area contributed by atoms with E-state index >= 15 is 0 Å². The van der Waals surface area contributed by atoms with Gasteiger partial charge in [-0.1, -0.05) is 18.2 Å². The number of benzene rings is 2. The first-order chi connectivity index (χ1) is 18.3. The van der Waals surface area contributed by atoms with Gasteiger partial charge in [-0.25, -0.2) is 19.2 Å². The number of nitrogens with one attached hydrogen (secondary N) is 1. The molecule has 2 aromatic carbocycles. The van der Waals surface area contributed by atoms with E-state index in [0.29, 0.717) is 28.4 Å². The molecule has 0 saturated carbocycles. The van der Waals surface area contributed by atoms with Crippen molar-refractivity contribution < 1.29 is 32.9 Å². The monoisotopic (exact) mass is 519 g/mol. The molecule has 1 fully saturated rings. The molecule has 1 aliphatic heterocycles. The number of hydrogen-bond donors (Lipinski definition) is 2. The zero-order valence-electron chi connectivity index (χ0n) is 20.1. The van der Waals surface area contributed by atoms with E-state index in [1.165, 1.54) is 19.1 Å². The van der Waals surface area contributed by atoms with Crippen molar-refractivity contribution in [3.63, 3.8) is 0 Å². The molecule has 194 valence electrons. The molecule has 0 bridgehead atoms. The fourth-order valence-electron chi connectivity index (χ4n) is 3.73. The third kappa shape index (κ3) is 5.36. The standard InChI is InChI=1S/C26H22FN5O6/c1-26(23(33)38-24(28)34)13-35-22(36-14-26)21-31-19(15-7-9-16(27)10-8-15)20(32-21)18-11-12-29-25(30-18)37-17-5-3-2-4-6-17/h2-12,22H,13-14H2,1H3,(H2,28,34)(H,31,32). The van der Waals surface area contributed by atoms with Gasteiger partial charge in [0.05, 0.1) is 30.3 Å². The van der Waals surface area contributed by atoms with Crippen LogP contribution in [0, 0.1) is 11.2 Å². The lowest BCUT2D eigenvalue weighted by Crippen LogP contribution is -2.45. The number of H-pyrrole nitrogens is 1. The van der Waals surface area contributed by atoms with Gasteiger partial charge >= 0.3 is 18.1 Å². The van der Waals surface area contributed by atoms with Crippen LogP contribution in [-0.4, -0.2) is 45.2 Å². The van der Waals surface area contributed by atoms with E-state index in [4.69, 9.17) is 19.9 Å². The molecule has 2 aromatic heterocycles. The van der Waals surface area contributed by atoms with Gasteiger partial charge in [0.1, 0.15) is 17.0 Å². The minimum Gasteiger partial charge on any atom is -0.424 e. The summed E-state index contributed by atoms with van der Waals surface area (Å²) in [5, 5.41) is 0. The average molecular weight is 519 g/mol. The molecule has 4 aromatic rings. The zero-order chi connectivity index (χ0) is 26.7. The van der Waals surface area contributed by atoms with Gasteiger partial charge in [0.25, 0.3) is 0 Å². The third-order valence-electron chi connectivity index (χ3n) is 5.70. The van der Waals surface area contributed by atoms with Gasteiger partial charge in [0.15, 0.2) is 5.82 Å². The lowest BCUT2D eigenvalue weighted by molar-refractivity contribution is -0.236. The molecule has 12 heteroatoms. The summed E-state index contributed by atoms with van der Waals surface area (Å²) in [6.07, 6.45) is -0.642. The number of carbonyl (C=O) groups excluding carboxylic acids is 2. The van der Waals surface area contributed by atoms with Crippen LogP contribution >= 0.6 is 0 Å². The van der Waals surface area contributed by atoms with Crippen molar-refractivity contribution >= 4 is 12.1 Å². The lowest BCUT2D eigenvalue weighted by atomic mass is 9.92. The molecule has 0 aliphatic carbocycles. The summed E-state index contributed by atoms with van der Waals surface area (Å²) >= 11 is 0. The fourth-order valence-corrected chi connectivity index (χ4v) is 3.73. The number of nitrogens with zero attached hydrogens (tertiary/aromatic N) is 3. The topological polar surface area (TPSA) is 152 Å². The van der Waals surface area contributed by atoms with Crippen LogP contribution < -0.4 is 10.5 Å². The molecule has 1 aliphatic rings. The Morgan fingerprint density at radius 2 is 1.76 bits per heavy atom. The Labute approximate surface area is 215 Å². The van der Waals surface area contributed by atoms with E-state index in [2.05, 4.69) is 24.7 Å². The predicted octanol–water partition coefficient (Wildman–Crippen LogP) is 4.14. The highest BCUT2D eigenvalue weighted by Crippen LogP contribution is 2.36. The number of primary amides is 1. The average Bonchev–Trinajstić information content (AvgIpc) is 3.35. The maximum absolute atomic E-state index is 13.6. The molecule has 5 rings (SSSR count). The largest absolute Gasteiger partial charge is 0.424 e. The van der Waals surface area contributed by atoms with Crippen LogP contribution in [0.2, 0.25) is 0 Å². The number of carbonyl (C=O) groups is 2. The van der Waals surface area contributed by atoms with Crippen molar-refractivity contribution in [2.45, 2.75) is 13.2 Å². The highest BCUT2D eigenvalue weighted by atomic mass is 19.1. The van der Waals surface area contributed by atoms with Crippen molar-refractivity contribution in [3.05, 3.63) is 78.5 Å². The number of amides is 1. The summed E-state index contributed by atoms with van der Waals surface area (Å²) in [5.41, 5.74) is 5.72. The van der Waals surface area contributed by atoms with Gasteiger partial charge in [-0.2, -0.15) is 4.98 Å². The zero-order valence-corrected chi connectivity index (χ0v) is 20.1. The minimum atomic E-state index is -1.24. The Balaban J connectivity index is 1.45. The molecule has 11 nitrogen and oxygen atoms in total. The van der Waals surface area contributed by atoms with E-state index in [-0.39, 0.29) is 25.0 Å². The molecule has 0 radical (unpaired) electrons. The van der Waals surface area contributed by atoms with Crippen molar-refractivity contribution in [2.24, 2.45) is 11.1 Å². The van der Waals surface area contributed by atoms with Gasteiger partial charge in [-0.05, 0) is 49.4 Å². The van der Waals surface area contributed by atoms with Crippen LogP contribution in [-0.2, 0) is 19.0 Å². The first-order valence-electron chi connectivity index (χ1n) is 11.5. The number of halogens is 1. The SMILES string of the molecule is CC1(C(=O)OC(N)=O)COC(c2nc(-c3ccc(F)cc3)c(-c3ccnc(Oc4ccccc4)n3)[nH]2)OC1. The van der Waals surface area contributed by atoms with E-state index in [1.54, 1.807) is 36.5 Å². The minimum absolute atomic E-state index is 0.115. The molecule has 3 N–H and O–H groups in total. The highest BCUT2D eigenvalue weighted by molar-refractivity contribution is 5.87. The van der Waals surface area contributed by atoms with Crippen LogP contribution in [0.3, 0.4) is 0 Å². The summed E-state index contributed by atoms with van der Waals surface area (Å²) in [6, 6.07) is 16.7. The first kappa shape index (κ1) is 25.0. The second kappa shape index (κ2) is 10.4. The Morgan fingerprint density at radius 3 is 2.45 bits per heavy atom. The summed E-state index contributed by atoms with van der Waals surface area (Å²) in [4.78, 5) is 39.7. The molecular formula is C26H22FN5O6. The van der Waals surface area contributed by atoms with Crippen molar-refractivity contribution in [1.29, 1.82) is 0 Å². The van der Waals surface area contributed by atoms with E-state index in [0.717, 1.165) is 0 Å². The first-order valence-corrected chi connectivity index (χ1v) is 11.5. The normalized spacial score (nSPS) is 19.1. The van der Waals surface area contributed by atoms with Gasteiger partial charge in [0.2, 0.25) is 6.29 Å². The number of aromatic nitrogens is 4. The molecule has 1 amide bonds. The van der Waals surface area contributed by atoms with Crippen LogP contribution in [0.4, 0.5) is 9.18 Å². The van der Waals surface area contributed by atoms with Crippen molar-refractivity contribution in [3.8, 4) is 34.4 Å².